The minimum absolute atomic E-state index is 0.277. The summed E-state index contributed by atoms with van der Waals surface area (Å²) in [5.41, 5.74) is 7.96. The third kappa shape index (κ3) is 1.81. The predicted molar refractivity (Wildman–Crippen MR) is 128 cm³/mol. The van der Waals surface area contributed by atoms with E-state index in [0.29, 0.717) is 0 Å². The fourth-order valence-corrected chi connectivity index (χ4v) is 6.76. The summed E-state index contributed by atoms with van der Waals surface area (Å²) in [6.45, 7) is 0. The monoisotopic (exact) mass is 496 g/mol. The summed E-state index contributed by atoms with van der Waals surface area (Å²) in [6, 6.07) is 31.6. The van der Waals surface area contributed by atoms with Crippen LogP contribution in [0, 0.1) is 0 Å². The molecule has 0 unspecified atom stereocenters. The van der Waals surface area contributed by atoms with Crippen LogP contribution in [0.4, 0.5) is 0 Å². The summed E-state index contributed by atoms with van der Waals surface area (Å²) in [6.07, 6.45) is 0. The van der Waals surface area contributed by atoms with Gasteiger partial charge in [0.05, 0.1) is 5.41 Å². The van der Waals surface area contributed by atoms with E-state index in [2.05, 4.69) is 117 Å². The van der Waals surface area contributed by atoms with Crippen LogP contribution in [-0.2, 0) is 5.41 Å². The molecule has 29 heavy (non-hydrogen) atoms. The second-order valence-corrected chi connectivity index (χ2v) is 9.84. The van der Waals surface area contributed by atoms with Crippen LogP contribution in [0.25, 0.3) is 32.7 Å². The first-order chi connectivity index (χ1) is 14.2. The molecule has 2 heteroatoms. The molecule has 5 aromatic rings. The van der Waals surface area contributed by atoms with Crippen LogP contribution in [0.3, 0.4) is 0 Å². The van der Waals surface area contributed by atoms with Gasteiger partial charge in [-0.3, -0.25) is 0 Å². The average molecular weight is 498 g/mol. The molecule has 0 radical (unpaired) electrons. The molecular formula is C27H14Br2. The van der Waals surface area contributed by atoms with Crippen LogP contribution in [0.1, 0.15) is 22.3 Å². The van der Waals surface area contributed by atoms with E-state index < -0.39 is 0 Å². The number of fused-ring (bicyclic) bond motifs is 7. The Balaban J connectivity index is 1.82. The van der Waals surface area contributed by atoms with Gasteiger partial charge in [-0.05, 0) is 79.2 Å². The van der Waals surface area contributed by atoms with Crippen molar-refractivity contribution in [2.45, 2.75) is 5.41 Å². The topological polar surface area (TPSA) is 0 Å². The van der Waals surface area contributed by atoms with E-state index >= 15 is 0 Å². The second kappa shape index (κ2) is 5.38. The molecular weight excluding hydrogens is 484 g/mol. The molecule has 0 aliphatic heterocycles. The molecule has 0 aromatic heterocycles. The van der Waals surface area contributed by atoms with Crippen molar-refractivity contribution in [2.24, 2.45) is 0 Å². The summed E-state index contributed by atoms with van der Waals surface area (Å²) in [5, 5.41) is 5.37. The number of rotatable bonds is 0. The molecule has 0 fully saturated rings. The lowest BCUT2D eigenvalue weighted by Gasteiger charge is -2.31. The predicted octanol–water partition coefficient (Wildman–Crippen LogP) is 8.19. The van der Waals surface area contributed by atoms with Crippen LogP contribution in [-0.4, -0.2) is 0 Å². The Bertz CT molecular complexity index is 1410. The Morgan fingerprint density at radius 1 is 0.483 bits per heavy atom. The largest absolute Gasteiger partial charge is 0.0726 e. The smallest absolute Gasteiger partial charge is 0.0619 e. The summed E-state index contributed by atoms with van der Waals surface area (Å²) in [4.78, 5) is 0. The Morgan fingerprint density at radius 3 is 1.41 bits per heavy atom. The van der Waals surface area contributed by atoms with Crippen molar-refractivity contribution >= 4 is 53.4 Å². The number of benzene rings is 5. The van der Waals surface area contributed by atoms with Gasteiger partial charge < -0.3 is 0 Å². The van der Waals surface area contributed by atoms with Crippen LogP contribution in [0.5, 0.6) is 0 Å². The molecule has 0 N–H and O–H groups in total. The highest BCUT2D eigenvalue weighted by Gasteiger charge is 2.50. The minimum atomic E-state index is -0.277. The van der Waals surface area contributed by atoms with E-state index in [0.717, 1.165) is 8.95 Å². The molecule has 2 aliphatic carbocycles. The zero-order valence-electron chi connectivity index (χ0n) is 15.3. The van der Waals surface area contributed by atoms with Crippen molar-refractivity contribution in [3.05, 3.63) is 116 Å². The van der Waals surface area contributed by atoms with Crippen LogP contribution >= 0.6 is 31.9 Å². The van der Waals surface area contributed by atoms with Crippen molar-refractivity contribution in [1.29, 1.82) is 0 Å². The molecule has 0 heterocycles. The van der Waals surface area contributed by atoms with Gasteiger partial charge in [-0.25, -0.2) is 0 Å². The first-order valence-electron chi connectivity index (χ1n) is 9.75. The lowest BCUT2D eigenvalue weighted by molar-refractivity contribution is 0.795. The lowest BCUT2D eigenvalue weighted by atomic mass is 9.70. The summed E-state index contributed by atoms with van der Waals surface area (Å²) < 4.78 is 2.26. The van der Waals surface area contributed by atoms with Crippen molar-refractivity contribution < 1.29 is 0 Å². The van der Waals surface area contributed by atoms with Gasteiger partial charge in [0.25, 0.3) is 0 Å². The SMILES string of the molecule is Brc1cc2c3c(ccc4cc(Br)cc(c43)C23c2ccccc2-c2ccccc23)c1. The molecule has 7 rings (SSSR count). The zero-order chi connectivity index (χ0) is 19.3. The molecule has 0 saturated heterocycles. The molecule has 0 saturated carbocycles. The molecule has 0 bridgehead atoms. The van der Waals surface area contributed by atoms with E-state index in [1.165, 1.54) is 54.9 Å². The number of halogens is 2. The second-order valence-electron chi connectivity index (χ2n) is 8.01. The van der Waals surface area contributed by atoms with Gasteiger partial charge >= 0.3 is 0 Å². The summed E-state index contributed by atoms with van der Waals surface area (Å²) >= 11 is 7.61. The van der Waals surface area contributed by atoms with E-state index in [1.54, 1.807) is 0 Å². The quantitative estimate of drug-likeness (QED) is 0.185. The summed E-state index contributed by atoms with van der Waals surface area (Å²) in [7, 11) is 0. The molecule has 5 aromatic carbocycles. The molecule has 0 nitrogen and oxygen atoms in total. The molecule has 2 aliphatic rings. The third-order valence-corrected chi connectivity index (χ3v) is 7.64. The highest BCUT2D eigenvalue weighted by atomic mass is 79.9. The lowest BCUT2D eigenvalue weighted by Crippen LogP contribution is -2.26. The van der Waals surface area contributed by atoms with Gasteiger partial charge in [-0.2, -0.15) is 0 Å². The van der Waals surface area contributed by atoms with Gasteiger partial charge in [0.1, 0.15) is 0 Å². The van der Waals surface area contributed by atoms with Crippen LogP contribution in [0.15, 0.2) is 93.9 Å². The minimum Gasteiger partial charge on any atom is -0.0619 e. The van der Waals surface area contributed by atoms with Crippen molar-refractivity contribution in [1.82, 2.24) is 0 Å². The average Bonchev–Trinajstić information content (AvgIpc) is 3.19. The normalized spacial score (nSPS) is 14.8. The van der Waals surface area contributed by atoms with Crippen LogP contribution < -0.4 is 0 Å². The molecule has 0 atom stereocenters. The number of hydrogen-bond acceptors (Lipinski definition) is 0. The highest BCUT2D eigenvalue weighted by molar-refractivity contribution is 9.10. The van der Waals surface area contributed by atoms with E-state index in [1.807, 2.05) is 0 Å². The van der Waals surface area contributed by atoms with E-state index in [9.17, 15) is 0 Å². The van der Waals surface area contributed by atoms with Crippen molar-refractivity contribution in [3.8, 4) is 11.1 Å². The fourth-order valence-electron chi connectivity index (χ4n) is 5.81. The van der Waals surface area contributed by atoms with Gasteiger partial charge in [-0.15, -0.1) is 0 Å². The molecule has 0 amide bonds. The first kappa shape index (κ1) is 16.4. The zero-order valence-corrected chi connectivity index (χ0v) is 18.5. The van der Waals surface area contributed by atoms with Gasteiger partial charge in [0.15, 0.2) is 0 Å². The van der Waals surface area contributed by atoms with E-state index in [4.69, 9.17) is 0 Å². The maximum atomic E-state index is 3.80. The van der Waals surface area contributed by atoms with Gasteiger partial charge in [-0.1, -0.05) is 92.5 Å². The standard InChI is InChI=1S/C27H14Br2/c28-17-11-15-9-10-16-12-18(29)14-24-26(16)25(15)23(13-17)27(24)21-7-3-1-5-19(21)20-6-2-4-8-22(20)27/h1-14H. The summed E-state index contributed by atoms with van der Waals surface area (Å²) in [5.74, 6) is 0. The molecule has 136 valence electrons. The molecule has 1 spiro atoms. The van der Waals surface area contributed by atoms with Gasteiger partial charge in [0, 0.05) is 8.95 Å². The van der Waals surface area contributed by atoms with Crippen LogP contribution in [0.2, 0.25) is 0 Å². The Kier molecular flexibility index (Phi) is 3.04. The van der Waals surface area contributed by atoms with Crippen molar-refractivity contribution in [2.75, 3.05) is 0 Å². The van der Waals surface area contributed by atoms with E-state index in [-0.39, 0.29) is 5.41 Å². The highest BCUT2D eigenvalue weighted by Crippen LogP contribution is 2.62. The maximum Gasteiger partial charge on any atom is 0.0726 e. The first-order valence-corrected chi connectivity index (χ1v) is 11.3. The fraction of sp³-hybridized carbons (Fsp3) is 0.0370. The third-order valence-electron chi connectivity index (χ3n) is 6.72. The Labute approximate surface area is 185 Å². The Hall–Kier alpha value is -2.42. The Morgan fingerprint density at radius 2 is 0.931 bits per heavy atom. The maximum absolute atomic E-state index is 3.80. The number of hydrogen-bond donors (Lipinski definition) is 0. The van der Waals surface area contributed by atoms with Gasteiger partial charge in [0.2, 0.25) is 0 Å². The van der Waals surface area contributed by atoms with Crippen molar-refractivity contribution in [3.63, 3.8) is 0 Å².